The third kappa shape index (κ3) is 6.39. The van der Waals surface area contributed by atoms with E-state index in [1.807, 2.05) is 6.92 Å². The number of benzene rings is 2. The quantitative estimate of drug-likeness (QED) is 0.424. The Morgan fingerprint density at radius 2 is 1.72 bits per heavy atom. The molecule has 11 nitrogen and oxygen atoms in total. The van der Waals surface area contributed by atoms with Crippen LogP contribution in [0.4, 0.5) is 9.59 Å². The predicted molar refractivity (Wildman–Crippen MR) is 131 cm³/mol. The fraction of sp³-hybridized carbons (Fsp3) is 0.333. The van der Waals surface area contributed by atoms with Gasteiger partial charge in [-0.15, -0.1) is 0 Å². The maximum atomic E-state index is 13.2. The number of ether oxygens (including phenoxy) is 1. The molecule has 192 valence electrons. The molecule has 0 unspecified atom stereocenters. The first-order valence-corrected chi connectivity index (χ1v) is 13.0. The summed E-state index contributed by atoms with van der Waals surface area (Å²) in [6, 6.07) is 12.0. The molecule has 36 heavy (non-hydrogen) atoms. The molecule has 0 radical (unpaired) electrons. The molecule has 1 heterocycles. The van der Waals surface area contributed by atoms with E-state index in [4.69, 9.17) is 9.15 Å². The third-order valence-electron chi connectivity index (χ3n) is 5.34. The highest BCUT2D eigenvalue weighted by Crippen LogP contribution is 2.21. The molecule has 4 amide bonds. The molecule has 1 N–H and O–H groups in total. The van der Waals surface area contributed by atoms with Crippen LogP contribution < -0.4 is 4.74 Å². The average Bonchev–Trinajstić information content (AvgIpc) is 3.28. The first-order chi connectivity index (χ1) is 17.2. The Balaban J connectivity index is 1.79. The average molecular weight is 518 g/mol. The number of methoxy groups -OCH3 is 1. The van der Waals surface area contributed by atoms with Gasteiger partial charge in [0.05, 0.1) is 18.6 Å². The van der Waals surface area contributed by atoms with Crippen molar-refractivity contribution in [2.45, 2.75) is 25.5 Å². The lowest BCUT2D eigenvalue weighted by Crippen LogP contribution is -2.50. The van der Waals surface area contributed by atoms with Gasteiger partial charge >= 0.3 is 18.0 Å². The number of hydrogen-bond acceptors (Lipinski definition) is 8. The Labute approximate surface area is 208 Å². The number of oxazole rings is 1. The van der Waals surface area contributed by atoms with Crippen LogP contribution in [-0.4, -0.2) is 72.3 Å². The zero-order valence-electron chi connectivity index (χ0n) is 19.9. The van der Waals surface area contributed by atoms with Crippen LogP contribution in [0.1, 0.15) is 36.0 Å². The molecule has 1 aromatic heterocycles. The lowest BCUT2D eigenvalue weighted by Gasteiger charge is -2.25. The summed E-state index contributed by atoms with van der Waals surface area (Å²) in [6.07, 6.45) is -0.665. The van der Waals surface area contributed by atoms with Crippen molar-refractivity contribution in [3.8, 4) is 5.75 Å². The largest absolute Gasteiger partial charge is 0.496 e. The van der Waals surface area contributed by atoms with Crippen LogP contribution in [0.25, 0.3) is 11.1 Å². The Kier molecular flexibility index (Phi) is 8.64. The maximum Gasteiger partial charge on any atom is 0.415 e. The maximum absolute atomic E-state index is 13.2. The number of carbonyl (C=O) groups excluding carboxylic acids is 2. The summed E-state index contributed by atoms with van der Waals surface area (Å²) in [7, 11) is -2.42. The number of urea groups is 1. The summed E-state index contributed by atoms with van der Waals surface area (Å²) in [4.78, 5) is 43.3. The molecule has 0 saturated carbocycles. The molecule has 0 aliphatic carbocycles. The van der Waals surface area contributed by atoms with Crippen LogP contribution in [0.5, 0.6) is 5.75 Å². The summed E-state index contributed by atoms with van der Waals surface area (Å²) in [5.41, 5.74) is 1.14. The molecule has 3 aromatic rings. The smallest absolute Gasteiger partial charge is 0.415 e. The second kappa shape index (κ2) is 11.7. The van der Waals surface area contributed by atoms with Crippen LogP contribution in [-0.2, 0) is 15.6 Å². The van der Waals surface area contributed by atoms with E-state index in [2.05, 4.69) is 4.98 Å². The van der Waals surface area contributed by atoms with Gasteiger partial charge in [-0.1, -0.05) is 43.7 Å². The molecule has 0 aliphatic heterocycles. The van der Waals surface area contributed by atoms with Crippen LogP contribution in [0.2, 0.25) is 0 Å². The zero-order chi connectivity index (χ0) is 26.3. The lowest BCUT2D eigenvalue weighted by molar-refractivity contribution is 0.0722. The fourth-order valence-electron chi connectivity index (χ4n) is 3.46. The Bertz CT molecular complexity index is 1320. The van der Waals surface area contributed by atoms with Gasteiger partial charge in [0.1, 0.15) is 11.3 Å². The van der Waals surface area contributed by atoms with E-state index in [0.29, 0.717) is 40.2 Å². The minimum Gasteiger partial charge on any atom is -0.496 e. The van der Waals surface area contributed by atoms with Crippen molar-refractivity contribution in [2.75, 3.05) is 26.0 Å². The summed E-state index contributed by atoms with van der Waals surface area (Å²) >= 11 is 0. The number of aromatic nitrogens is 1. The van der Waals surface area contributed by atoms with Gasteiger partial charge in [-0.05, 0) is 24.6 Å². The predicted octanol–water partition coefficient (Wildman–Crippen LogP) is 3.79. The normalized spacial score (nSPS) is 11.3. The number of amides is 4. The molecule has 0 atom stereocenters. The molecular formula is C24H27N3O8S. The molecule has 12 heteroatoms. The van der Waals surface area contributed by atoms with Crippen molar-refractivity contribution >= 4 is 39.0 Å². The topological polar surface area (TPSA) is 147 Å². The highest BCUT2D eigenvalue weighted by Gasteiger charge is 2.34. The van der Waals surface area contributed by atoms with Gasteiger partial charge < -0.3 is 14.3 Å². The number of unbranched alkanes of at least 4 members (excludes halogenated alkanes) is 1. The Morgan fingerprint density at radius 3 is 2.39 bits per heavy atom. The first kappa shape index (κ1) is 26.7. The number of sulfone groups is 1. The van der Waals surface area contributed by atoms with Crippen molar-refractivity contribution in [3.05, 3.63) is 60.0 Å². The summed E-state index contributed by atoms with van der Waals surface area (Å²) in [5, 5.41) is 9.67. The number of imide groups is 2. The van der Waals surface area contributed by atoms with E-state index >= 15 is 0 Å². The Hall–Kier alpha value is -3.93. The van der Waals surface area contributed by atoms with Gasteiger partial charge in [0.2, 0.25) is 0 Å². The van der Waals surface area contributed by atoms with Gasteiger partial charge in [0, 0.05) is 18.7 Å². The minimum atomic E-state index is -3.83. The highest BCUT2D eigenvalue weighted by atomic mass is 32.2. The van der Waals surface area contributed by atoms with Gasteiger partial charge in [-0.3, -0.25) is 9.69 Å². The van der Waals surface area contributed by atoms with Crippen molar-refractivity contribution in [2.24, 2.45) is 0 Å². The third-order valence-corrected chi connectivity index (χ3v) is 6.90. The number of rotatable bonds is 10. The zero-order valence-corrected chi connectivity index (χ0v) is 20.7. The van der Waals surface area contributed by atoms with Crippen LogP contribution in [0.3, 0.4) is 0 Å². The Morgan fingerprint density at radius 1 is 1.03 bits per heavy atom. The SMILES string of the molecule is CCCCN(C(=O)c1nc2ccccc2o1)C(=O)N(CCS(=O)(=O)Cc1ccccc1OC)C(=O)O. The molecule has 0 spiro atoms. The minimum absolute atomic E-state index is 0.0926. The van der Waals surface area contributed by atoms with E-state index in [0.717, 1.165) is 4.90 Å². The van der Waals surface area contributed by atoms with Gasteiger partial charge in [-0.2, -0.15) is 0 Å². The molecule has 0 fully saturated rings. The van der Waals surface area contributed by atoms with Gasteiger partial charge in [0.15, 0.2) is 15.4 Å². The standard InChI is InChI=1S/C24H27N3O8S/c1-3-4-13-26(22(28)21-25-18-10-6-8-12-20(18)35-21)23(29)27(24(30)31)14-15-36(32,33)16-17-9-5-7-11-19(17)34-2/h5-12H,3-4,13-16H2,1-2H3,(H,30,31). The molecule has 0 aliphatic rings. The second-order valence-electron chi connectivity index (χ2n) is 7.92. The number of para-hydroxylation sites is 3. The van der Waals surface area contributed by atoms with Crippen molar-refractivity contribution in [3.63, 3.8) is 0 Å². The van der Waals surface area contributed by atoms with Crippen molar-refractivity contribution < 1.29 is 37.1 Å². The molecule has 2 aromatic carbocycles. The van der Waals surface area contributed by atoms with Crippen molar-refractivity contribution in [1.82, 2.24) is 14.8 Å². The van der Waals surface area contributed by atoms with E-state index in [1.54, 1.807) is 48.5 Å². The number of nitrogens with zero attached hydrogens (tertiary/aromatic N) is 3. The number of carboxylic acid groups (broad SMARTS) is 1. The fourth-order valence-corrected chi connectivity index (χ4v) is 4.78. The first-order valence-electron chi connectivity index (χ1n) is 11.2. The number of fused-ring (bicyclic) bond motifs is 1. The monoisotopic (exact) mass is 517 g/mol. The molecule has 3 rings (SSSR count). The number of hydrogen-bond donors (Lipinski definition) is 1. The van der Waals surface area contributed by atoms with E-state index < -0.39 is 45.9 Å². The van der Waals surface area contributed by atoms with Crippen LogP contribution in [0.15, 0.2) is 52.9 Å². The van der Waals surface area contributed by atoms with E-state index in [1.165, 1.54) is 7.11 Å². The molecule has 0 bridgehead atoms. The van der Waals surface area contributed by atoms with E-state index in [9.17, 15) is 27.9 Å². The molecule has 0 saturated heterocycles. The van der Waals surface area contributed by atoms with Crippen LogP contribution in [0, 0.1) is 0 Å². The summed E-state index contributed by atoms with van der Waals surface area (Å²) < 4.78 is 36.1. The summed E-state index contributed by atoms with van der Waals surface area (Å²) in [6.45, 7) is 1.09. The lowest BCUT2D eigenvalue weighted by atomic mass is 10.2. The van der Waals surface area contributed by atoms with E-state index in [-0.39, 0.29) is 12.4 Å². The summed E-state index contributed by atoms with van der Waals surface area (Å²) in [5.74, 6) is -1.94. The van der Waals surface area contributed by atoms with Gasteiger partial charge in [-0.25, -0.2) is 27.9 Å². The van der Waals surface area contributed by atoms with Gasteiger partial charge in [0.25, 0.3) is 5.89 Å². The molecular weight excluding hydrogens is 490 g/mol. The number of carbonyl (C=O) groups is 3. The highest BCUT2D eigenvalue weighted by molar-refractivity contribution is 7.90. The van der Waals surface area contributed by atoms with Crippen molar-refractivity contribution in [1.29, 1.82) is 0 Å². The van der Waals surface area contributed by atoms with Crippen LogP contribution >= 0.6 is 0 Å². The second-order valence-corrected chi connectivity index (χ2v) is 10.1.